The summed E-state index contributed by atoms with van der Waals surface area (Å²) in [6.45, 7) is 3.85. The highest BCUT2D eigenvalue weighted by Crippen LogP contribution is 2.29. The Kier molecular flexibility index (Phi) is 10.4. The predicted molar refractivity (Wildman–Crippen MR) is 170 cm³/mol. The molecule has 0 saturated carbocycles. The van der Waals surface area contributed by atoms with Crippen LogP contribution in [0.25, 0.3) is 6.08 Å². The van der Waals surface area contributed by atoms with E-state index in [-0.39, 0.29) is 17.3 Å². The molecule has 10 heteroatoms. The van der Waals surface area contributed by atoms with E-state index >= 15 is 0 Å². The minimum atomic E-state index is -0.505. The van der Waals surface area contributed by atoms with Gasteiger partial charge in [-0.2, -0.15) is 0 Å². The van der Waals surface area contributed by atoms with E-state index in [0.29, 0.717) is 23.4 Å². The van der Waals surface area contributed by atoms with Gasteiger partial charge in [0, 0.05) is 34.0 Å². The Morgan fingerprint density at radius 1 is 0.860 bits per heavy atom. The summed E-state index contributed by atoms with van der Waals surface area (Å²) in [5, 5.41) is 18.8. The summed E-state index contributed by atoms with van der Waals surface area (Å²) in [5.74, 6) is -1.17. The molecular formula is C33H30N4O5S. The lowest BCUT2D eigenvalue weighted by Gasteiger charge is -2.16. The first-order valence-electron chi connectivity index (χ1n) is 13.5. The number of nitrogens with one attached hydrogen (secondary N) is 3. The van der Waals surface area contributed by atoms with Crippen molar-refractivity contribution >= 4 is 52.6 Å². The quantitative estimate of drug-likeness (QED) is 0.0756. The van der Waals surface area contributed by atoms with Crippen molar-refractivity contribution in [2.24, 2.45) is 0 Å². The molecule has 3 amide bonds. The minimum absolute atomic E-state index is 0.0604. The third-order valence-corrected chi connectivity index (χ3v) is 7.65. The van der Waals surface area contributed by atoms with Crippen LogP contribution in [0, 0.1) is 17.0 Å². The first-order valence-corrected chi connectivity index (χ1v) is 14.4. The van der Waals surface area contributed by atoms with Gasteiger partial charge < -0.3 is 16.0 Å². The van der Waals surface area contributed by atoms with Crippen molar-refractivity contribution in [2.45, 2.75) is 30.4 Å². The standard InChI is InChI=1S/C33H30N4O5S/c1-3-30(33(40)34-25-16-18-27(19-17-25)37(41)42)43-28-11-7-10-26(21-28)35-32(39)29(20-23-14-12-22(2)13-15-23)36-31(38)24-8-5-4-6-9-24/h4-21,30H,3H2,1-2H3,(H,34,40)(H,35,39)(H,36,38)/b29-20-. The Balaban J connectivity index is 1.47. The van der Waals surface area contributed by atoms with E-state index in [2.05, 4.69) is 16.0 Å². The fourth-order valence-electron chi connectivity index (χ4n) is 3.99. The van der Waals surface area contributed by atoms with Gasteiger partial charge in [-0.05, 0) is 67.4 Å². The summed E-state index contributed by atoms with van der Waals surface area (Å²) in [7, 11) is 0. The molecule has 1 atom stereocenters. The molecule has 43 heavy (non-hydrogen) atoms. The van der Waals surface area contributed by atoms with Gasteiger partial charge in [0.15, 0.2) is 0 Å². The van der Waals surface area contributed by atoms with Crippen LogP contribution in [-0.2, 0) is 9.59 Å². The SMILES string of the molecule is CCC(Sc1cccc(NC(=O)/C(=C/c2ccc(C)cc2)NC(=O)c2ccccc2)c1)C(=O)Nc1ccc([N+](=O)[O-])cc1. The molecule has 0 aliphatic heterocycles. The lowest BCUT2D eigenvalue weighted by Crippen LogP contribution is -2.30. The monoisotopic (exact) mass is 594 g/mol. The molecule has 0 fully saturated rings. The van der Waals surface area contributed by atoms with Crippen LogP contribution < -0.4 is 16.0 Å². The molecule has 0 radical (unpaired) electrons. The van der Waals surface area contributed by atoms with Gasteiger partial charge in [0.1, 0.15) is 5.70 Å². The molecule has 0 aliphatic rings. The zero-order valence-corrected chi connectivity index (χ0v) is 24.4. The molecule has 0 spiro atoms. The Bertz CT molecular complexity index is 1640. The molecule has 0 saturated heterocycles. The Morgan fingerprint density at radius 2 is 1.56 bits per heavy atom. The summed E-state index contributed by atoms with van der Waals surface area (Å²) in [4.78, 5) is 50.4. The first kappa shape index (κ1) is 30.7. The Labute approximate surface area is 253 Å². The number of aryl methyl sites for hydroxylation is 1. The molecule has 218 valence electrons. The second kappa shape index (κ2) is 14.6. The van der Waals surface area contributed by atoms with Crippen molar-refractivity contribution in [2.75, 3.05) is 10.6 Å². The second-order valence-electron chi connectivity index (χ2n) is 9.58. The summed E-state index contributed by atoms with van der Waals surface area (Å²) in [5.41, 5.74) is 3.20. The minimum Gasteiger partial charge on any atom is -0.325 e. The molecule has 4 aromatic rings. The lowest BCUT2D eigenvalue weighted by molar-refractivity contribution is -0.384. The third-order valence-electron chi connectivity index (χ3n) is 6.30. The van der Waals surface area contributed by atoms with Gasteiger partial charge in [-0.25, -0.2) is 0 Å². The van der Waals surface area contributed by atoms with Gasteiger partial charge >= 0.3 is 0 Å². The van der Waals surface area contributed by atoms with Crippen molar-refractivity contribution in [3.05, 3.63) is 136 Å². The number of hydrogen-bond donors (Lipinski definition) is 3. The summed E-state index contributed by atoms with van der Waals surface area (Å²) < 4.78 is 0. The average Bonchev–Trinajstić information content (AvgIpc) is 3.01. The average molecular weight is 595 g/mol. The van der Waals surface area contributed by atoms with E-state index < -0.39 is 22.0 Å². The van der Waals surface area contributed by atoms with Crippen LogP contribution in [0.1, 0.15) is 34.8 Å². The van der Waals surface area contributed by atoms with E-state index in [1.165, 1.54) is 36.0 Å². The van der Waals surface area contributed by atoms with Crippen LogP contribution in [0.15, 0.2) is 114 Å². The van der Waals surface area contributed by atoms with Gasteiger partial charge in [-0.1, -0.05) is 61.0 Å². The topological polar surface area (TPSA) is 130 Å². The maximum atomic E-state index is 13.4. The van der Waals surface area contributed by atoms with Crippen molar-refractivity contribution in [3.8, 4) is 0 Å². The van der Waals surface area contributed by atoms with Crippen LogP contribution in [0.3, 0.4) is 0 Å². The number of anilines is 2. The number of hydrogen-bond acceptors (Lipinski definition) is 6. The van der Waals surface area contributed by atoms with Crippen LogP contribution in [0.4, 0.5) is 17.1 Å². The number of thioether (sulfide) groups is 1. The van der Waals surface area contributed by atoms with Crippen molar-refractivity contribution in [1.82, 2.24) is 5.32 Å². The highest BCUT2D eigenvalue weighted by molar-refractivity contribution is 8.00. The number of carbonyl (C=O) groups excluding carboxylic acids is 3. The van der Waals surface area contributed by atoms with E-state index in [4.69, 9.17) is 0 Å². The zero-order valence-electron chi connectivity index (χ0n) is 23.6. The smallest absolute Gasteiger partial charge is 0.272 e. The molecule has 0 heterocycles. The Morgan fingerprint density at radius 3 is 2.21 bits per heavy atom. The third kappa shape index (κ3) is 8.88. The van der Waals surface area contributed by atoms with Crippen LogP contribution in [0.5, 0.6) is 0 Å². The highest BCUT2D eigenvalue weighted by atomic mass is 32.2. The van der Waals surface area contributed by atoms with Gasteiger partial charge in [0.2, 0.25) is 5.91 Å². The fraction of sp³-hybridized carbons (Fsp3) is 0.121. The van der Waals surface area contributed by atoms with Gasteiger partial charge in [0.25, 0.3) is 17.5 Å². The number of nitrogens with zero attached hydrogens (tertiary/aromatic N) is 1. The van der Waals surface area contributed by atoms with E-state index in [1.807, 2.05) is 44.2 Å². The molecule has 4 aromatic carbocycles. The lowest BCUT2D eigenvalue weighted by atomic mass is 10.1. The molecule has 0 aliphatic carbocycles. The summed E-state index contributed by atoms with van der Waals surface area (Å²) in [6.07, 6.45) is 2.14. The number of benzene rings is 4. The predicted octanol–water partition coefficient (Wildman–Crippen LogP) is 6.82. The van der Waals surface area contributed by atoms with Crippen molar-refractivity contribution in [1.29, 1.82) is 0 Å². The number of rotatable bonds is 11. The molecule has 4 rings (SSSR count). The second-order valence-corrected chi connectivity index (χ2v) is 10.9. The largest absolute Gasteiger partial charge is 0.325 e. The van der Waals surface area contributed by atoms with Crippen LogP contribution in [0.2, 0.25) is 0 Å². The maximum absolute atomic E-state index is 13.4. The molecule has 3 N–H and O–H groups in total. The highest BCUT2D eigenvalue weighted by Gasteiger charge is 2.20. The van der Waals surface area contributed by atoms with E-state index in [0.717, 1.165) is 16.0 Å². The van der Waals surface area contributed by atoms with Crippen LogP contribution >= 0.6 is 11.8 Å². The number of nitro groups is 1. The van der Waals surface area contributed by atoms with Crippen LogP contribution in [-0.4, -0.2) is 27.9 Å². The maximum Gasteiger partial charge on any atom is 0.272 e. The van der Waals surface area contributed by atoms with Gasteiger partial charge in [-0.15, -0.1) is 11.8 Å². The van der Waals surface area contributed by atoms with Gasteiger partial charge in [0.05, 0.1) is 10.2 Å². The molecule has 1 unspecified atom stereocenters. The molecule has 0 bridgehead atoms. The van der Waals surface area contributed by atoms with Gasteiger partial charge in [-0.3, -0.25) is 24.5 Å². The number of non-ortho nitro benzene ring substituents is 1. The molecule has 0 aromatic heterocycles. The summed E-state index contributed by atoms with van der Waals surface area (Å²) in [6, 6.07) is 28.9. The normalized spacial score (nSPS) is 11.7. The van der Waals surface area contributed by atoms with Crippen molar-refractivity contribution < 1.29 is 19.3 Å². The van der Waals surface area contributed by atoms with Crippen molar-refractivity contribution in [3.63, 3.8) is 0 Å². The number of carbonyl (C=O) groups is 3. The zero-order chi connectivity index (χ0) is 30.8. The number of nitro benzene ring substituents is 1. The molecule has 9 nitrogen and oxygen atoms in total. The number of amides is 3. The molecular weight excluding hydrogens is 564 g/mol. The van der Waals surface area contributed by atoms with E-state index in [1.54, 1.807) is 54.6 Å². The fourth-order valence-corrected chi connectivity index (χ4v) is 5.01. The van der Waals surface area contributed by atoms with E-state index in [9.17, 15) is 24.5 Å². The Hall–Kier alpha value is -5.22. The summed E-state index contributed by atoms with van der Waals surface area (Å²) >= 11 is 1.33. The first-order chi connectivity index (χ1) is 20.7.